The van der Waals surface area contributed by atoms with Gasteiger partial charge in [0.05, 0.1) is 13.2 Å². The van der Waals surface area contributed by atoms with Gasteiger partial charge in [-0.05, 0) is 35.7 Å². The number of morpholine rings is 1. The smallest absolute Gasteiger partial charge is 0.0594 e. The van der Waals surface area contributed by atoms with Crippen LogP contribution >= 0.6 is 11.3 Å². The van der Waals surface area contributed by atoms with E-state index in [2.05, 4.69) is 34.0 Å². The van der Waals surface area contributed by atoms with Crippen LogP contribution in [0.15, 0.2) is 16.8 Å². The Kier molecular flexibility index (Phi) is 5.45. The lowest BCUT2D eigenvalue weighted by atomic mass is 10.1. The molecule has 17 heavy (non-hydrogen) atoms. The summed E-state index contributed by atoms with van der Waals surface area (Å²) < 4.78 is 5.34. The lowest BCUT2D eigenvalue weighted by Crippen LogP contribution is -2.42. The second-order valence-electron chi connectivity index (χ2n) is 4.64. The van der Waals surface area contributed by atoms with Gasteiger partial charge in [0.15, 0.2) is 0 Å². The summed E-state index contributed by atoms with van der Waals surface area (Å²) in [6.45, 7) is 8.43. The average Bonchev–Trinajstić information content (AvgIpc) is 2.83. The minimum absolute atomic E-state index is 0.561. The summed E-state index contributed by atoms with van der Waals surface area (Å²) in [7, 11) is 0. The fourth-order valence-corrected chi connectivity index (χ4v) is 2.81. The first-order valence-corrected chi connectivity index (χ1v) is 7.33. The van der Waals surface area contributed by atoms with E-state index in [4.69, 9.17) is 4.74 Å². The molecule has 1 aliphatic rings. The molecular formula is C13H22N2OS. The number of hydrogen-bond donors (Lipinski definition) is 1. The number of rotatable bonds is 6. The van der Waals surface area contributed by atoms with Crippen LogP contribution in [-0.4, -0.2) is 50.3 Å². The quantitative estimate of drug-likeness (QED) is 0.834. The maximum Gasteiger partial charge on any atom is 0.0594 e. The molecule has 0 bridgehead atoms. The third kappa shape index (κ3) is 4.76. The van der Waals surface area contributed by atoms with Gasteiger partial charge >= 0.3 is 0 Å². The van der Waals surface area contributed by atoms with E-state index in [0.717, 1.165) is 45.8 Å². The molecule has 1 saturated heterocycles. The molecule has 0 spiro atoms. The van der Waals surface area contributed by atoms with Crippen LogP contribution in [0.4, 0.5) is 0 Å². The van der Waals surface area contributed by atoms with Crippen LogP contribution < -0.4 is 5.32 Å². The Bertz CT molecular complexity index is 296. The Hall–Kier alpha value is -0.420. The highest BCUT2D eigenvalue weighted by atomic mass is 32.1. The third-order valence-electron chi connectivity index (χ3n) is 3.15. The van der Waals surface area contributed by atoms with Crippen LogP contribution in [0.1, 0.15) is 12.5 Å². The van der Waals surface area contributed by atoms with Crippen LogP contribution in [0.2, 0.25) is 0 Å². The van der Waals surface area contributed by atoms with Gasteiger partial charge in [-0.3, -0.25) is 4.90 Å². The Morgan fingerprint density at radius 2 is 2.29 bits per heavy atom. The number of ether oxygens (including phenoxy) is 1. The summed E-state index contributed by atoms with van der Waals surface area (Å²) in [6.07, 6.45) is 1.13. The lowest BCUT2D eigenvalue weighted by molar-refractivity contribution is 0.0382. The highest BCUT2D eigenvalue weighted by Crippen LogP contribution is 2.08. The summed E-state index contributed by atoms with van der Waals surface area (Å²) in [4.78, 5) is 2.47. The highest BCUT2D eigenvalue weighted by Gasteiger charge is 2.10. The standard InChI is InChI=1S/C13H22N2OS/c1-12(10-13-2-9-17-11-13)14-3-4-15-5-7-16-8-6-15/h2,9,11-12,14H,3-8,10H2,1H3. The van der Waals surface area contributed by atoms with Gasteiger partial charge in [-0.25, -0.2) is 0 Å². The van der Waals surface area contributed by atoms with Gasteiger partial charge in [0.1, 0.15) is 0 Å². The van der Waals surface area contributed by atoms with E-state index in [1.807, 2.05) is 0 Å². The van der Waals surface area contributed by atoms with Crippen molar-refractivity contribution in [3.8, 4) is 0 Å². The fourth-order valence-electron chi connectivity index (χ4n) is 2.13. The SMILES string of the molecule is CC(Cc1ccsc1)NCCN1CCOCC1. The predicted octanol–water partition coefficient (Wildman–Crippen LogP) is 1.60. The van der Waals surface area contributed by atoms with Gasteiger partial charge < -0.3 is 10.1 Å². The summed E-state index contributed by atoms with van der Waals surface area (Å²) in [5.41, 5.74) is 1.45. The second kappa shape index (κ2) is 7.11. The van der Waals surface area contributed by atoms with Crippen LogP contribution in [0.3, 0.4) is 0 Å². The molecule has 4 heteroatoms. The number of thiophene rings is 1. The molecule has 1 unspecified atom stereocenters. The number of hydrogen-bond acceptors (Lipinski definition) is 4. The molecule has 1 aromatic rings. The predicted molar refractivity (Wildman–Crippen MR) is 72.7 cm³/mol. The van der Waals surface area contributed by atoms with Crippen molar-refractivity contribution in [1.82, 2.24) is 10.2 Å². The van der Waals surface area contributed by atoms with E-state index >= 15 is 0 Å². The minimum atomic E-state index is 0.561. The molecule has 0 aromatic carbocycles. The largest absolute Gasteiger partial charge is 0.379 e. The van der Waals surface area contributed by atoms with Crippen molar-refractivity contribution in [3.05, 3.63) is 22.4 Å². The number of nitrogens with one attached hydrogen (secondary N) is 1. The van der Waals surface area contributed by atoms with Crippen molar-refractivity contribution < 1.29 is 4.74 Å². The lowest BCUT2D eigenvalue weighted by Gasteiger charge is -2.27. The molecule has 96 valence electrons. The van der Waals surface area contributed by atoms with E-state index in [0.29, 0.717) is 6.04 Å². The minimum Gasteiger partial charge on any atom is -0.379 e. The molecule has 0 aliphatic carbocycles. The van der Waals surface area contributed by atoms with E-state index in [1.54, 1.807) is 11.3 Å². The highest BCUT2D eigenvalue weighted by molar-refractivity contribution is 7.07. The van der Waals surface area contributed by atoms with Crippen LogP contribution in [0.25, 0.3) is 0 Å². The van der Waals surface area contributed by atoms with Crippen molar-refractivity contribution >= 4 is 11.3 Å². The van der Waals surface area contributed by atoms with Crippen LogP contribution in [0.5, 0.6) is 0 Å². The summed E-state index contributed by atoms with van der Waals surface area (Å²) >= 11 is 1.78. The maximum absolute atomic E-state index is 5.34. The maximum atomic E-state index is 5.34. The Balaban J connectivity index is 1.58. The monoisotopic (exact) mass is 254 g/mol. The fraction of sp³-hybridized carbons (Fsp3) is 0.692. The van der Waals surface area contributed by atoms with E-state index in [1.165, 1.54) is 5.56 Å². The molecule has 1 N–H and O–H groups in total. The molecule has 2 heterocycles. The van der Waals surface area contributed by atoms with Gasteiger partial charge in [0.25, 0.3) is 0 Å². The van der Waals surface area contributed by atoms with Crippen LogP contribution in [0, 0.1) is 0 Å². The first-order valence-electron chi connectivity index (χ1n) is 6.39. The molecule has 3 nitrogen and oxygen atoms in total. The first kappa shape index (κ1) is 13.0. The van der Waals surface area contributed by atoms with Gasteiger partial charge in [0.2, 0.25) is 0 Å². The zero-order valence-corrected chi connectivity index (χ0v) is 11.3. The molecule has 1 aromatic heterocycles. The molecule has 2 rings (SSSR count). The average molecular weight is 254 g/mol. The summed E-state index contributed by atoms with van der Waals surface area (Å²) in [5.74, 6) is 0. The first-order chi connectivity index (χ1) is 8.34. The Morgan fingerprint density at radius 1 is 1.47 bits per heavy atom. The molecule has 0 saturated carbocycles. The van der Waals surface area contributed by atoms with Gasteiger partial charge in [-0.1, -0.05) is 0 Å². The van der Waals surface area contributed by atoms with Gasteiger partial charge in [-0.15, -0.1) is 0 Å². The van der Waals surface area contributed by atoms with E-state index in [9.17, 15) is 0 Å². The molecule has 1 fully saturated rings. The molecule has 0 radical (unpaired) electrons. The normalized spacial score (nSPS) is 19.4. The summed E-state index contributed by atoms with van der Waals surface area (Å²) in [5, 5.41) is 7.98. The zero-order chi connectivity index (χ0) is 11.9. The van der Waals surface area contributed by atoms with Crippen molar-refractivity contribution in [3.63, 3.8) is 0 Å². The molecular weight excluding hydrogens is 232 g/mol. The summed E-state index contributed by atoms with van der Waals surface area (Å²) in [6, 6.07) is 2.77. The second-order valence-corrected chi connectivity index (χ2v) is 5.42. The van der Waals surface area contributed by atoms with Crippen molar-refractivity contribution in [2.45, 2.75) is 19.4 Å². The van der Waals surface area contributed by atoms with E-state index in [-0.39, 0.29) is 0 Å². The van der Waals surface area contributed by atoms with Gasteiger partial charge in [-0.2, -0.15) is 11.3 Å². The Labute approximate surface area is 108 Å². The van der Waals surface area contributed by atoms with E-state index < -0.39 is 0 Å². The third-order valence-corrected chi connectivity index (χ3v) is 3.88. The van der Waals surface area contributed by atoms with Crippen molar-refractivity contribution in [2.24, 2.45) is 0 Å². The van der Waals surface area contributed by atoms with Gasteiger partial charge in [0, 0.05) is 32.2 Å². The Morgan fingerprint density at radius 3 is 3.00 bits per heavy atom. The topological polar surface area (TPSA) is 24.5 Å². The molecule has 1 aliphatic heterocycles. The zero-order valence-electron chi connectivity index (χ0n) is 10.5. The van der Waals surface area contributed by atoms with Crippen molar-refractivity contribution in [1.29, 1.82) is 0 Å². The van der Waals surface area contributed by atoms with Crippen LogP contribution in [-0.2, 0) is 11.2 Å². The molecule has 0 amide bonds. The van der Waals surface area contributed by atoms with Crippen molar-refractivity contribution in [2.75, 3.05) is 39.4 Å². The number of nitrogens with zero attached hydrogens (tertiary/aromatic N) is 1. The molecule has 1 atom stereocenters.